The zero-order valence-corrected chi connectivity index (χ0v) is 16.9. The van der Waals surface area contributed by atoms with Gasteiger partial charge in [-0.2, -0.15) is 0 Å². The molecule has 0 aromatic heterocycles. The summed E-state index contributed by atoms with van der Waals surface area (Å²) in [7, 11) is 0. The van der Waals surface area contributed by atoms with Gasteiger partial charge in [0, 0.05) is 24.2 Å². The van der Waals surface area contributed by atoms with Crippen LogP contribution >= 0.6 is 0 Å². The second-order valence-corrected chi connectivity index (χ2v) is 6.71. The van der Waals surface area contributed by atoms with Crippen LogP contribution in [0.25, 0.3) is 0 Å². The van der Waals surface area contributed by atoms with Gasteiger partial charge in [-0.05, 0) is 50.8 Å². The van der Waals surface area contributed by atoms with Gasteiger partial charge < -0.3 is 4.90 Å². The summed E-state index contributed by atoms with van der Waals surface area (Å²) in [5, 5.41) is 0. The maximum atomic E-state index is 4.40. The Balaban J connectivity index is 0.000000970. The molecule has 0 saturated carbocycles. The van der Waals surface area contributed by atoms with Gasteiger partial charge in [-0.1, -0.05) is 63.3 Å². The molecule has 1 aromatic carbocycles. The molecule has 136 valence electrons. The van der Waals surface area contributed by atoms with Gasteiger partial charge in [0.25, 0.3) is 0 Å². The van der Waals surface area contributed by atoms with E-state index in [1.165, 1.54) is 23.1 Å². The van der Waals surface area contributed by atoms with Gasteiger partial charge in [0.1, 0.15) is 0 Å². The van der Waals surface area contributed by atoms with E-state index >= 15 is 0 Å². The molecule has 0 spiro atoms. The van der Waals surface area contributed by atoms with Crippen molar-refractivity contribution in [1.29, 1.82) is 0 Å². The van der Waals surface area contributed by atoms with Crippen LogP contribution in [0.15, 0.2) is 65.0 Å². The number of hydrogen-bond donors (Lipinski definition) is 0. The Kier molecular flexibility index (Phi) is 8.40. The normalized spacial score (nSPS) is 17.4. The molecule has 2 heteroatoms. The molecule has 0 aliphatic carbocycles. The zero-order chi connectivity index (χ0) is 19.0. The molecule has 0 saturated heterocycles. The summed E-state index contributed by atoms with van der Waals surface area (Å²) in [6, 6.07) is 8.96. The van der Waals surface area contributed by atoms with E-state index in [2.05, 4.69) is 75.0 Å². The van der Waals surface area contributed by atoms with Gasteiger partial charge in [0.05, 0.1) is 6.04 Å². The maximum absolute atomic E-state index is 4.40. The lowest BCUT2D eigenvalue weighted by atomic mass is 9.89. The van der Waals surface area contributed by atoms with Gasteiger partial charge in [-0.3, -0.25) is 4.99 Å². The molecule has 0 fully saturated rings. The van der Waals surface area contributed by atoms with Crippen LogP contribution in [0.1, 0.15) is 59.1 Å². The third kappa shape index (κ3) is 5.45. The van der Waals surface area contributed by atoms with Crippen molar-refractivity contribution >= 4 is 6.21 Å². The molecule has 1 heterocycles. The Hall–Kier alpha value is -2.09. The predicted molar refractivity (Wildman–Crippen MR) is 112 cm³/mol. The fraction of sp³-hybridized carbons (Fsp3) is 0.435. The average molecular weight is 339 g/mol. The first-order valence-corrected chi connectivity index (χ1v) is 9.21. The summed E-state index contributed by atoms with van der Waals surface area (Å²) in [6.45, 7) is 21.8. The predicted octanol–water partition coefficient (Wildman–Crippen LogP) is 6.30. The number of aliphatic imine (C=N–C) groups is 1. The number of hydrogen-bond acceptors (Lipinski definition) is 2. The SMILES string of the molecule is C=C(C)C1Cc2ccccc2CN1C(=C)/C(C)=C(\C)N=CC.CCC. The molecule has 1 aliphatic rings. The van der Waals surface area contributed by atoms with Crippen LogP contribution in [0.2, 0.25) is 0 Å². The number of fused-ring (bicyclic) bond motifs is 1. The van der Waals surface area contributed by atoms with E-state index in [4.69, 9.17) is 0 Å². The number of benzene rings is 1. The quantitative estimate of drug-likeness (QED) is 0.357. The van der Waals surface area contributed by atoms with Crippen LogP contribution in [0.4, 0.5) is 0 Å². The van der Waals surface area contributed by atoms with Crippen molar-refractivity contribution in [2.24, 2.45) is 4.99 Å². The first-order chi connectivity index (χ1) is 11.9. The molecular weight excluding hydrogens is 304 g/mol. The largest absolute Gasteiger partial charge is 0.360 e. The van der Waals surface area contributed by atoms with Gasteiger partial charge in [0.2, 0.25) is 0 Å². The third-order valence-electron chi connectivity index (χ3n) is 4.46. The lowest BCUT2D eigenvalue weighted by Crippen LogP contribution is -2.40. The fourth-order valence-corrected chi connectivity index (χ4v) is 2.96. The maximum Gasteiger partial charge on any atom is 0.0541 e. The van der Waals surface area contributed by atoms with Crippen molar-refractivity contribution in [3.63, 3.8) is 0 Å². The molecule has 0 bridgehead atoms. The molecule has 1 aliphatic heterocycles. The molecule has 0 radical (unpaired) electrons. The van der Waals surface area contributed by atoms with Crippen LogP contribution in [0.5, 0.6) is 0 Å². The van der Waals surface area contributed by atoms with Crippen LogP contribution in [-0.4, -0.2) is 17.2 Å². The minimum absolute atomic E-state index is 0.302. The van der Waals surface area contributed by atoms with Crippen molar-refractivity contribution in [2.45, 2.75) is 67.0 Å². The van der Waals surface area contributed by atoms with Crippen molar-refractivity contribution in [1.82, 2.24) is 4.90 Å². The van der Waals surface area contributed by atoms with E-state index < -0.39 is 0 Å². The lowest BCUT2D eigenvalue weighted by Gasteiger charge is -2.40. The topological polar surface area (TPSA) is 15.6 Å². The first kappa shape index (κ1) is 21.0. The van der Waals surface area contributed by atoms with Crippen molar-refractivity contribution in [3.05, 3.63) is 71.1 Å². The summed E-state index contributed by atoms with van der Waals surface area (Å²) in [5.74, 6) is 0. The highest BCUT2D eigenvalue weighted by Gasteiger charge is 2.28. The first-order valence-electron chi connectivity index (χ1n) is 9.21. The third-order valence-corrected chi connectivity index (χ3v) is 4.46. The summed E-state index contributed by atoms with van der Waals surface area (Å²) >= 11 is 0. The Morgan fingerprint density at radius 1 is 1.16 bits per heavy atom. The van der Waals surface area contributed by atoms with Crippen LogP contribution in [0.3, 0.4) is 0 Å². The Morgan fingerprint density at radius 3 is 2.24 bits per heavy atom. The van der Waals surface area contributed by atoms with Crippen molar-refractivity contribution in [2.75, 3.05) is 0 Å². The Bertz CT molecular complexity index is 664. The highest BCUT2D eigenvalue weighted by atomic mass is 15.2. The van der Waals surface area contributed by atoms with E-state index in [0.29, 0.717) is 6.04 Å². The van der Waals surface area contributed by atoms with E-state index in [-0.39, 0.29) is 0 Å². The molecule has 2 nitrogen and oxygen atoms in total. The van der Waals surface area contributed by atoms with Gasteiger partial charge in [-0.15, -0.1) is 0 Å². The van der Waals surface area contributed by atoms with Crippen molar-refractivity contribution < 1.29 is 0 Å². The fourth-order valence-electron chi connectivity index (χ4n) is 2.96. The molecule has 1 unspecified atom stereocenters. The van der Waals surface area contributed by atoms with E-state index in [0.717, 1.165) is 29.9 Å². The molecule has 0 amide bonds. The van der Waals surface area contributed by atoms with Gasteiger partial charge in [0.15, 0.2) is 0 Å². The van der Waals surface area contributed by atoms with Crippen molar-refractivity contribution in [3.8, 4) is 0 Å². The molecule has 1 atom stereocenters. The lowest BCUT2D eigenvalue weighted by molar-refractivity contribution is 0.259. The van der Waals surface area contributed by atoms with Crippen LogP contribution < -0.4 is 0 Å². The summed E-state index contributed by atoms with van der Waals surface area (Å²) < 4.78 is 0. The number of rotatable bonds is 4. The van der Waals surface area contributed by atoms with E-state index in [9.17, 15) is 0 Å². The second kappa shape index (κ2) is 10.0. The minimum Gasteiger partial charge on any atom is -0.360 e. The monoisotopic (exact) mass is 338 g/mol. The summed E-state index contributed by atoms with van der Waals surface area (Å²) in [5.41, 5.74) is 7.19. The summed E-state index contributed by atoms with van der Waals surface area (Å²) in [6.07, 6.45) is 4.07. The second-order valence-electron chi connectivity index (χ2n) is 6.71. The van der Waals surface area contributed by atoms with Gasteiger partial charge in [-0.25, -0.2) is 0 Å². The number of nitrogens with zero attached hydrogens (tertiary/aromatic N) is 2. The number of allylic oxidation sites excluding steroid dienone is 2. The Morgan fingerprint density at radius 2 is 1.72 bits per heavy atom. The highest BCUT2D eigenvalue weighted by Crippen LogP contribution is 2.32. The van der Waals surface area contributed by atoms with Crippen LogP contribution in [-0.2, 0) is 13.0 Å². The molecule has 25 heavy (non-hydrogen) atoms. The van der Waals surface area contributed by atoms with Gasteiger partial charge >= 0.3 is 0 Å². The summed E-state index contributed by atoms with van der Waals surface area (Å²) in [4.78, 5) is 6.77. The smallest absolute Gasteiger partial charge is 0.0541 e. The molecule has 2 rings (SSSR count). The minimum atomic E-state index is 0.302. The highest BCUT2D eigenvalue weighted by molar-refractivity contribution is 5.56. The van der Waals surface area contributed by atoms with Crippen LogP contribution in [0, 0.1) is 0 Å². The zero-order valence-electron chi connectivity index (χ0n) is 16.9. The van der Waals surface area contributed by atoms with E-state index in [1.807, 2.05) is 20.1 Å². The average Bonchev–Trinajstić information content (AvgIpc) is 2.60. The Labute approximate surface area is 154 Å². The molecular formula is C23H34N2. The van der Waals surface area contributed by atoms with E-state index in [1.54, 1.807) is 0 Å². The molecule has 1 aromatic rings. The standard InChI is InChI=1S/C20H26N2.C3H8/c1-7-21-16(5)15(4)17(6)22-13-19-11-9-8-10-18(19)12-20(22)14(2)3;1-3-2/h7-11,20H,2,6,12-13H2,1,3-5H3;3H2,1-2H3/b16-15+,21-7?;. The molecule has 0 N–H and O–H groups in total.